The molecule has 1 saturated heterocycles. The molecular formula is C15H18N2O3. The van der Waals surface area contributed by atoms with Gasteiger partial charge >= 0.3 is 0 Å². The Morgan fingerprint density at radius 1 is 1.30 bits per heavy atom. The van der Waals surface area contributed by atoms with E-state index in [2.05, 4.69) is 4.90 Å². The Morgan fingerprint density at radius 3 is 2.65 bits per heavy atom. The number of nitro benzene ring substituents is 1. The largest absolute Gasteiger partial charge is 0.483 e. The zero-order valence-electron chi connectivity index (χ0n) is 11.8. The molecule has 0 spiro atoms. The van der Waals surface area contributed by atoms with Crippen molar-refractivity contribution < 1.29 is 9.66 Å². The predicted molar refractivity (Wildman–Crippen MR) is 78.3 cm³/mol. The minimum atomic E-state index is -0.421. The molecule has 2 aliphatic rings. The molecule has 106 valence electrons. The van der Waals surface area contributed by atoms with Crippen LogP contribution in [0, 0.1) is 10.1 Å². The summed E-state index contributed by atoms with van der Waals surface area (Å²) in [5.74, 6) is 0.590. The van der Waals surface area contributed by atoms with E-state index >= 15 is 0 Å². The second kappa shape index (κ2) is 4.51. The Hall–Kier alpha value is -2.04. The van der Waals surface area contributed by atoms with E-state index in [9.17, 15) is 10.1 Å². The summed E-state index contributed by atoms with van der Waals surface area (Å²) in [5, 5.41) is 11.3. The van der Waals surface area contributed by atoms with Crippen molar-refractivity contribution in [3.05, 3.63) is 33.9 Å². The van der Waals surface area contributed by atoms with Gasteiger partial charge in [-0.2, -0.15) is 0 Å². The van der Waals surface area contributed by atoms with Crippen molar-refractivity contribution in [3.8, 4) is 5.75 Å². The molecule has 0 aromatic heterocycles. The van der Waals surface area contributed by atoms with Crippen LogP contribution < -0.4 is 9.64 Å². The quantitative estimate of drug-likeness (QED) is 0.613. The van der Waals surface area contributed by atoms with Crippen LogP contribution >= 0.6 is 0 Å². The van der Waals surface area contributed by atoms with E-state index in [4.69, 9.17) is 4.74 Å². The van der Waals surface area contributed by atoms with Gasteiger partial charge in [-0.05, 0) is 38.8 Å². The molecule has 0 aliphatic carbocycles. The van der Waals surface area contributed by atoms with Crippen molar-refractivity contribution in [1.29, 1.82) is 0 Å². The van der Waals surface area contributed by atoms with E-state index in [-0.39, 0.29) is 10.6 Å². The standard InChI is InChI=1S/C15H18N2O3/c1-15(2)6-5-11-9-12(16-7-3-4-8-16)13(17(18)19)10-14(11)20-15/h5-6,9-10H,3-4,7-8H2,1-2H3. The molecule has 0 unspecified atom stereocenters. The third kappa shape index (κ3) is 2.24. The topological polar surface area (TPSA) is 55.6 Å². The fourth-order valence-electron chi connectivity index (χ4n) is 2.76. The van der Waals surface area contributed by atoms with Crippen LogP contribution in [0.4, 0.5) is 11.4 Å². The van der Waals surface area contributed by atoms with E-state index in [1.54, 1.807) is 6.07 Å². The maximum absolute atomic E-state index is 11.3. The number of anilines is 1. The first kappa shape index (κ1) is 13.0. The van der Waals surface area contributed by atoms with Gasteiger partial charge in [0.1, 0.15) is 17.0 Å². The van der Waals surface area contributed by atoms with Crippen LogP contribution in [-0.4, -0.2) is 23.6 Å². The average molecular weight is 274 g/mol. The SMILES string of the molecule is CC1(C)C=Cc2cc(N3CCCC3)c([N+](=O)[O-])cc2O1. The molecule has 1 aromatic rings. The fraction of sp³-hybridized carbons (Fsp3) is 0.467. The fourth-order valence-corrected chi connectivity index (χ4v) is 2.76. The Bertz CT molecular complexity index is 587. The van der Waals surface area contributed by atoms with Crippen LogP contribution in [0.3, 0.4) is 0 Å². The third-order valence-electron chi connectivity index (χ3n) is 3.79. The molecule has 1 aromatic carbocycles. The smallest absolute Gasteiger partial charge is 0.296 e. The molecule has 0 amide bonds. The van der Waals surface area contributed by atoms with Gasteiger partial charge in [-0.25, -0.2) is 0 Å². The highest BCUT2D eigenvalue weighted by atomic mass is 16.6. The molecule has 5 nitrogen and oxygen atoms in total. The highest BCUT2D eigenvalue weighted by molar-refractivity contribution is 5.74. The number of benzene rings is 1. The predicted octanol–water partition coefficient (Wildman–Crippen LogP) is 3.38. The summed E-state index contributed by atoms with van der Waals surface area (Å²) in [7, 11) is 0. The van der Waals surface area contributed by atoms with Crippen LogP contribution in [0.5, 0.6) is 5.75 Å². The maximum atomic E-state index is 11.3. The number of hydrogen-bond donors (Lipinski definition) is 0. The second-order valence-corrected chi connectivity index (χ2v) is 5.87. The average Bonchev–Trinajstić information content (AvgIpc) is 2.89. The third-order valence-corrected chi connectivity index (χ3v) is 3.79. The molecule has 5 heteroatoms. The van der Waals surface area contributed by atoms with Gasteiger partial charge < -0.3 is 9.64 Å². The van der Waals surface area contributed by atoms with E-state index < -0.39 is 5.60 Å². The Morgan fingerprint density at radius 2 is 2.00 bits per heavy atom. The summed E-state index contributed by atoms with van der Waals surface area (Å²) in [6.45, 7) is 5.64. The number of hydrogen-bond acceptors (Lipinski definition) is 4. The monoisotopic (exact) mass is 274 g/mol. The molecule has 0 bridgehead atoms. The molecule has 2 heterocycles. The zero-order valence-corrected chi connectivity index (χ0v) is 11.8. The number of fused-ring (bicyclic) bond motifs is 1. The van der Waals surface area contributed by atoms with Crippen LogP contribution in [0.1, 0.15) is 32.3 Å². The van der Waals surface area contributed by atoms with Crippen LogP contribution in [-0.2, 0) is 0 Å². The van der Waals surface area contributed by atoms with E-state index in [0.717, 1.165) is 31.5 Å². The van der Waals surface area contributed by atoms with Crippen molar-refractivity contribution in [1.82, 2.24) is 0 Å². The van der Waals surface area contributed by atoms with Crippen LogP contribution in [0.2, 0.25) is 0 Å². The lowest BCUT2D eigenvalue weighted by molar-refractivity contribution is -0.384. The molecule has 0 radical (unpaired) electrons. The first-order valence-electron chi connectivity index (χ1n) is 6.92. The van der Waals surface area contributed by atoms with Gasteiger partial charge in [-0.1, -0.05) is 6.08 Å². The van der Waals surface area contributed by atoms with Gasteiger partial charge in [0.15, 0.2) is 0 Å². The van der Waals surface area contributed by atoms with E-state index in [1.165, 1.54) is 0 Å². The molecule has 1 fully saturated rings. The lowest BCUT2D eigenvalue weighted by Gasteiger charge is -2.28. The molecule has 2 aliphatic heterocycles. The van der Waals surface area contributed by atoms with Gasteiger partial charge in [0, 0.05) is 18.7 Å². The maximum Gasteiger partial charge on any atom is 0.296 e. The van der Waals surface area contributed by atoms with Crippen molar-refractivity contribution in [3.63, 3.8) is 0 Å². The highest BCUT2D eigenvalue weighted by Crippen LogP contribution is 2.40. The molecule has 0 atom stereocenters. The first-order valence-corrected chi connectivity index (χ1v) is 6.92. The van der Waals surface area contributed by atoms with Gasteiger partial charge in [0.2, 0.25) is 0 Å². The number of ether oxygens (including phenoxy) is 1. The van der Waals surface area contributed by atoms with Crippen LogP contribution in [0.25, 0.3) is 6.08 Å². The zero-order chi connectivity index (χ0) is 14.3. The first-order chi connectivity index (χ1) is 9.46. The van der Waals surface area contributed by atoms with Crippen molar-refractivity contribution in [2.75, 3.05) is 18.0 Å². The normalized spacial score (nSPS) is 19.6. The Labute approximate surface area is 118 Å². The lowest BCUT2D eigenvalue weighted by atomic mass is 10.0. The van der Waals surface area contributed by atoms with Crippen molar-refractivity contribution >= 4 is 17.5 Å². The second-order valence-electron chi connectivity index (χ2n) is 5.87. The summed E-state index contributed by atoms with van der Waals surface area (Å²) in [6.07, 6.45) is 6.15. The van der Waals surface area contributed by atoms with Gasteiger partial charge in [-0.15, -0.1) is 0 Å². The molecule has 20 heavy (non-hydrogen) atoms. The van der Waals surface area contributed by atoms with Crippen molar-refractivity contribution in [2.45, 2.75) is 32.3 Å². The Balaban J connectivity index is 2.09. The summed E-state index contributed by atoms with van der Waals surface area (Å²) < 4.78 is 5.82. The summed E-state index contributed by atoms with van der Waals surface area (Å²) in [5.41, 5.74) is 1.34. The number of nitrogens with zero attached hydrogens (tertiary/aromatic N) is 2. The summed E-state index contributed by atoms with van der Waals surface area (Å²) in [6, 6.07) is 3.44. The lowest BCUT2D eigenvalue weighted by Crippen LogP contribution is -2.28. The summed E-state index contributed by atoms with van der Waals surface area (Å²) in [4.78, 5) is 13.1. The molecule has 3 rings (SSSR count). The van der Waals surface area contributed by atoms with Gasteiger partial charge in [-0.3, -0.25) is 10.1 Å². The van der Waals surface area contributed by atoms with Gasteiger partial charge in [0.25, 0.3) is 5.69 Å². The molecule has 0 N–H and O–H groups in total. The van der Waals surface area contributed by atoms with Crippen molar-refractivity contribution in [2.24, 2.45) is 0 Å². The van der Waals surface area contributed by atoms with Crippen LogP contribution in [0.15, 0.2) is 18.2 Å². The highest BCUT2D eigenvalue weighted by Gasteiger charge is 2.28. The number of nitro groups is 1. The van der Waals surface area contributed by atoms with Gasteiger partial charge in [0.05, 0.1) is 11.0 Å². The number of rotatable bonds is 2. The summed E-state index contributed by atoms with van der Waals surface area (Å²) >= 11 is 0. The molecular weight excluding hydrogens is 256 g/mol. The van der Waals surface area contributed by atoms with E-state index in [0.29, 0.717) is 11.4 Å². The molecule has 0 saturated carbocycles. The minimum Gasteiger partial charge on any atom is -0.483 e. The van der Waals surface area contributed by atoms with E-state index in [1.807, 2.05) is 32.1 Å². The Kier molecular flexibility index (Phi) is 2.92. The minimum absolute atomic E-state index is 0.136.